The van der Waals surface area contributed by atoms with E-state index in [1.54, 1.807) is 11.1 Å². The van der Waals surface area contributed by atoms with Crippen molar-refractivity contribution in [3.05, 3.63) is 17.5 Å². The maximum absolute atomic E-state index is 11.9. The molecule has 0 spiro atoms. The Balaban J connectivity index is 1.84. The second-order valence-corrected chi connectivity index (χ2v) is 13.1. The molecule has 0 saturated heterocycles. The Morgan fingerprint density at radius 2 is 2.13 bits per heavy atom. The topological polar surface area (TPSA) is 78.5 Å². The van der Waals surface area contributed by atoms with Crippen molar-refractivity contribution in [1.29, 1.82) is 0 Å². The van der Waals surface area contributed by atoms with Gasteiger partial charge in [-0.15, -0.1) is 0 Å². The molecule has 7 heteroatoms. The van der Waals surface area contributed by atoms with Crippen molar-refractivity contribution in [2.75, 3.05) is 6.61 Å². The highest BCUT2D eigenvalue weighted by Gasteiger charge is 2.50. The first kappa shape index (κ1) is 16.5. The molecule has 1 aliphatic heterocycles. The van der Waals surface area contributed by atoms with Crippen LogP contribution < -0.4 is 0 Å². The number of amides is 1. The van der Waals surface area contributed by atoms with Gasteiger partial charge in [0.15, 0.2) is 8.32 Å². The quantitative estimate of drug-likeness (QED) is 0.816. The van der Waals surface area contributed by atoms with Crippen LogP contribution in [0.3, 0.4) is 0 Å². The van der Waals surface area contributed by atoms with Gasteiger partial charge in [-0.25, -0.2) is 4.79 Å². The highest BCUT2D eigenvalue weighted by molar-refractivity contribution is 6.74. The molecule has 1 saturated carbocycles. The van der Waals surface area contributed by atoms with E-state index in [1.165, 1.54) is 0 Å². The van der Waals surface area contributed by atoms with Crippen LogP contribution in [0.5, 0.6) is 0 Å². The van der Waals surface area contributed by atoms with E-state index < -0.39 is 14.4 Å². The summed E-state index contributed by atoms with van der Waals surface area (Å²) in [5, 5.41) is 17.0. The summed E-state index contributed by atoms with van der Waals surface area (Å²) in [6.07, 6.45) is 3.11. The average molecular weight is 337 g/mol. The average Bonchev–Trinajstić information content (AvgIpc) is 3.04. The molecule has 2 aliphatic rings. The summed E-state index contributed by atoms with van der Waals surface area (Å²) in [6.45, 7) is 11.4. The normalized spacial score (nSPS) is 24.8. The summed E-state index contributed by atoms with van der Waals surface area (Å²) in [5.74, 6) is 0.431. The molecule has 3 rings (SSSR count). The largest absolute Gasteiger partial charge is 0.465 e. The van der Waals surface area contributed by atoms with E-state index in [2.05, 4.69) is 44.1 Å². The number of aromatic amines is 1. The number of nitrogens with zero attached hydrogens (tertiary/aromatic N) is 2. The van der Waals surface area contributed by atoms with Crippen LogP contribution in [0.4, 0.5) is 4.79 Å². The summed E-state index contributed by atoms with van der Waals surface area (Å²) in [7, 11) is -1.93. The van der Waals surface area contributed by atoms with Gasteiger partial charge in [-0.3, -0.25) is 10.00 Å². The molecule has 0 bridgehead atoms. The molecule has 0 aromatic carbocycles. The van der Waals surface area contributed by atoms with Crippen molar-refractivity contribution in [1.82, 2.24) is 15.1 Å². The van der Waals surface area contributed by atoms with Gasteiger partial charge in [0.1, 0.15) is 0 Å². The number of fused-ring (bicyclic) bond motifs is 1. The molecule has 2 unspecified atom stereocenters. The fourth-order valence-electron chi connectivity index (χ4n) is 3.10. The van der Waals surface area contributed by atoms with E-state index in [0.29, 0.717) is 12.5 Å². The molecule has 1 aromatic rings. The minimum Gasteiger partial charge on any atom is -0.465 e. The van der Waals surface area contributed by atoms with E-state index in [4.69, 9.17) is 4.43 Å². The predicted molar refractivity (Wildman–Crippen MR) is 89.8 cm³/mol. The lowest BCUT2D eigenvalue weighted by Gasteiger charge is -2.38. The van der Waals surface area contributed by atoms with Crippen molar-refractivity contribution in [3.8, 4) is 0 Å². The molecule has 1 aliphatic carbocycles. The molecule has 128 valence electrons. The van der Waals surface area contributed by atoms with Crippen LogP contribution >= 0.6 is 0 Å². The Labute approximate surface area is 138 Å². The number of carboxylic acid groups (broad SMARTS) is 1. The second-order valence-electron chi connectivity index (χ2n) is 8.30. The third-order valence-corrected chi connectivity index (χ3v) is 10.2. The lowest BCUT2D eigenvalue weighted by molar-refractivity contribution is 0.0796. The van der Waals surface area contributed by atoms with Gasteiger partial charge >= 0.3 is 6.09 Å². The van der Waals surface area contributed by atoms with Gasteiger partial charge in [0, 0.05) is 5.56 Å². The maximum Gasteiger partial charge on any atom is 0.408 e. The molecule has 1 amide bonds. The van der Waals surface area contributed by atoms with Crippen LogP contribution in [-0.2, 0) is 4.43 Å². The standard InChI is InChI=1S/C16H27N3O3Si/c1-16(2,3)23(4,5)22-9-12-13-11(8-17-18-13)14(10-6-7-10)19(12)15(20)21/h8,10,12,14H,6-7,9H2,1-5H3,(H,17,18)(H,20,21). The summed E-state index contributed by atoms with van der Waals surface area (Å²) in [5.41, 5.74) is 1.96. The van der Waals surface area contributed by atoms with Gasteiger partial charge in [-0.1, -0.05) is 20.8 Å². The molecule has 6 nitrogen and oxygen atoms in total. The first-order chi connectivity index (χ1) is 10.6. The monoisotopic (exact) mass is 337 g/mol. The van der Waals surface area contributed by atoms with Crippen LogP contribution in [0, 0.1) is 5.92 Å². The van der Waals surface area contributed by atoms with Crippen molar-refractivity contribution in [2.45, 2.75) is 63.8 Å². The minimum absolute atomic E-state index is 0.0609. The van der Waals surface area contributed by atoms with Crippen molar-refractivity contribution in [3.63, 3.8) is 0 Å². The summed E-state index contributed by atoms with van der Waals surface area (Å²) < 4.78 is 6.32. The third-order valence-electron chi connectivity index (χ3n) is 5.68. The number of nitrogens with one attached hydrogen (secondary N) is 1. The maximum atomic E-state index is 11.9. The van der Waals surface area contributed by atoms with Crippen LogP contribution in [0.25, 0.3) is 0 Å². The van der Waals surface area contributed by atoms with Gasteiger partial charge in [-0.2, -0.15) is 5.10 Å². The molecule has 23 heavy (non-hydrogen) atoms. The van der Waals surface area contributed by atoms with Gasteiger partial charge in [0.05, 0.1) is 30.6 Å². The van der Waals surface area contributed by atoms with Gasteiger partial charge in [0.25, 0.3) is 0 Å². The fraction of sp³-hybridized carbons (Fsp3) is 0.750. The Morgan fingerprint density at radius 1 is 1.48 bits per heavy atom. The first-order valence-corrected chi connectivity index (χ1v) is 11.2. The minimum atomic E-state index is -1.93. The Bertz CT molecular complexity index is 604. The number of rotatable bonds is 4. The molecule has 1 aromatic heterocycles. The second kappa shape index (κ2) is 5.34. The van der Waals surface area contributed by atoms with Crippen molar-refractivity contribution < 1.29 is 14.3 Å². The molecular formula is C16H27N3O3Si. The number of hydrogen-bond donors (Lipinski definition) is 2. The Kier molecular flexibility index (Phi) is 3.83. The predicted octanol–water partition coefficient (Wildman–Crippen LogP) is 3.92. The number of aromatic nitrogens is 2. The summed E-state index contributed by atoms with van der Waals surface area (Å²) >= 11 is 0. The van der Waals surface area contributed by atoms with Crippen LogP contribution in [0.2, 0.25) is 18.1 Å². The Hall–Kier alpha value is -1.34. The number of carbonyl (C=O) groups is 1. The molecule has 0 radical (unpaired) electrons. The fourth-order valence-corrected chi connectivity index (χ4v) is 4.11. The highest BCUT2D eigenvalue weighted by Crippen LogP contribution is 2.53. The molecule has 1 fully saturated rings. The summed E-state index contributed by atoms with van der Waals surface area (Å²) in [6, 6.07) is -0.334. The van der Waals surface area contributed by atoms with E-state index in [0.717, 1.165) is 24.1 Å². The van der Waals surface area contributed by atoms with E-state index in [1.807, 2.05) is 0 Å². The molecule has 2 heterocycles. The Morgan fingerprint density at radius 3 is 2.65 bits per heavy atom. The number of hydrogen-bond acceptors (Lipinski definition) is 3. The molecular weight excluding hydrogens is 310 g/mol. The SMILES string of the molecule is CC(C)(C)[Si](C)(C)OCC1c2[nH]ncc2C(C2CC2)N1C(=O)O. The zero-order chi connectivity index (χ0) is 17.0. The summed E-state index contributed by atoms with van der Waals surface area (Å²) in [4.78, 5) is 13.5. The van der Waals surface area contributed by atoms with Crippen molar-refractivity contribution >= 4 is 14.4 Å². The highest BCUT2D eigenvalue weighted by atomic mass is 28.4. The van der Waals surface area contributed by atoms with Gasteiger partial charge in [-0.05, 0) is 36.9 Å². The van der Waals surface area contributed by atoms with E-state index >= 15 is 0 Å². The smallest absolute Gasteiger partial charge is 0.408 e. The molecule has 2 N–H and O–H groups in total. The zero-order valence-electron chi connectivity index (χ0n) is 14.6. The van der Waals surface area contributed by atoms with Crippen LogP contribution in [-0.4, -0.2) is 41.2 Å². The molecule has 2 atom stereocenters. The number of H-pyrrole nitrogens is 1. The lowest BCUT2D eigenvalue weighted by atomic mass is 10.1. The first-order valence-electron chi connectivity index (χ1n) is 8.32. The van der Waals surface area contributed by atoms with Crippen LogP contribution in [0.1, 0.15) is 57.0 Å². The zero-order valence-corrected chi connectivity index (χ0v) is 15.6. The lowest BCUT2D eigenvalue weighted by Crippen LogP contribution is -2.44. The van der Waals surface area contributed by atoms with E-state index in [-0.39, 0.29) is 17.1 Å². The third kappa shape index (κ3) is 2.80. The van der Waals surface area contributed by atoms with Crippen LogP contribution in [0.15, 0.2) is 6.20 Å². The van der Waals surface area contributed by atoms with E-state index in [9.17, 15) is 9.90 Å². The van der Waals surface area contributed by atoms with Crippen molar-refractivity contribution in [2.24, 2.45) is 5.92 Å². The van der Waals surface area contributed by atoms with Gasteiger partial charge < -0.3 is 9.53 Å². The van der Waals surface area contributed by atoms with Gasteiger partial charge in [0.2, 0.25) is 0 Å².